The molecule has 112 valence electrons. The fourth-order valence-electron chi connectivity index (χ4n) is 4.20. The summed E-state index contributed by atoms with van der Waals surface area (Å²) in [5.41, 5.74) is 8.56. The van der Waals surface area contributed by atoms with Gasteiger partial charge in [0.2, 0.25) is 0 Å². The van der Waals surface area contributed by atoms with E-state index in [1.807, 2.05) is 0 Å². The lowest BCUT2D eigenvalue weighted by molar-refractivity contribution is 0.823. The van der Waals surface area contributed by atoms with Crippen LogP contribution in [0.2, 0.25) is 0 Å². The number of fused-ring (bicyclic) bond motifs is 5. The Morgan fingerprint density at radius 2 is 1.87 bits per heavy atom. The molecule has 5 rings (SSSR count). The molecule has 0 saturated heterocycles. The van der Waals surface area contributed by atoms with Crippen molar-refractivity contribution in [1.82, 2.24) is 0 Å². The van der Waals surface area contributed by atoms with Crippen molar-refractivity contribution >= 4 is 23.0 Å². The molecule has 2 aliphatic carbocycles. The Morgan fingerprint density at radius 1 is 0.957 bits per heavy atom. The predicted octanol–water partition coefficient (Wildman–Crippen LogP) is 5.51. The van der Waals surface area contributed by atoms with Crippen molar-refractivity contribution in [3.8, 4) is 0 Å². The summed E-state index contributed by atoms with van der Waals surface area (Å²) in [6.07, 6.45) is 14.8. The first-order chi connectivity index (χ1) is 11.4. The van der Waals surface area contributed by atoms with E-state index < -0.39 is 0 Å². The molecule has 2 aromatic rings. The summed E-state index contributed by atoms with van der Waals surface area (Å²) in [6, 6.07) is 15.9. The summed E-state index contributed by atoms with van der Waals surface area (Å²) >= 11 is 0. The molecule has 0 radical (unpaired) electrons. The minimum absolute atomic E-state index is 0.440. The van der Waals surface area contributed by atoms with Gasteiger partial charge in [0.25, 0.3) is 0 Å². The second kappa shape index (κ2) is 4.99. The van der Waals surface area contributed by atoms with Gasteiger partial charge in [-0.25, -0.2) is 0 Å². The van der Waals surface area contributed by atoms with Crippen LogP contribution < -0.4 is 4.90 Å². The molecule has 0 bridgehead atoms. The van der Waals surface area contributed by atoms with E-state index in [9.17, 15) is 0 Å². The summed E-state index contributed by atoms with van der Waals surface area (Å²) in [7, 11) is 0. The lowest BCUT2D eigenvalue weighted by Gasteiger charge is -2.30. The summed E-state index contributed by atoms with van der Waals surface area (Å²) in [6.45, 7) is 0. The number of anilines is 2. The minimum atomic E-state index is 0.440. The number of rotatable bonds is 1. The van der Waals surface area contributed by atoms with E-state index in [4.69, 9.17) is 0 Å². The molecule has 0 N–H and O–H groups in total. The third-order valence-electron chi connectivity index (χ3n) is 5.21. The predicted molar refractivity (Wildman–Crippen MR) is 97.9 cm³/mol. The first-order valence-corrected chi connectivity index (χ1v) is 8.47. The van der Waals surface area contributed by atoms with Crippen molar-refractivity contribution < 1.29 is 0 Å². The normalized spacial score (nSPS) is 20.8. The lowest BCUT2D eigenvalue weighted by Crippen LogP contribution is -2.27. The van der Waals surface area contributed by atoms with Crippen LogP contribution in [0.3, 0.4) is 0 Å². The van der Waals surface area contributed by atoms with Gasteiger partial charge in [-0.05, 0) is 48.1 Å². The largest absolute Gasteiger partial charge is 0.333 e. The fraction of sp³-hybridized carbons (Fsp3) is 0.182. The molecule has 0 spiro atoms. The van der Waals surface area contributed by atoms with Crippen molar-refractivity contribution in [3.05, 3.63) is 83.5 Å². The second-order valence-electron chi connectivity index (χ2n) is 6.48. The van der Waals surface area contributed by atoms with E-state index in [2.05, 4.69) is 77.7 Å². The molecule has 0 amide bonds. The Hall–Kier alpha value is -2.54. The average molecular weight is 297 g/mol. The van der Waals surface area contributed by atoms with Gasteiger partial charge in [0.1, 0.15) is 0 Å². The zero-order valence-electron chi connectivity index (χ0n) is 13.1. The molecule has 1 atom stereocenters. The highest BCUT2D eigenvalue weighted by molar-refractivity contribution is 5.96. The molecule has 2 aromatic carbocycles. The van der Waals surface area contributed by atoms with Crippen LogP contribution in [0.4, 0.5) is 11.4 Å². The molecule has 3 aliphatic rings. The molecular formula is C22H19N. The molecule has 0 saturated carbocycles. The van der Waals surface area contributed by atoms with E-state index in [-0.39, 0.29) is 0 Å². The molecule has 1 nitrogen and oxygen atoms in total. The first kappa shape index (κ1) is 13.0. The highest BCUT2D eigenvalue weighted by Crippen LogP contribution is 2.50. The summed E-state index contributed by atoms with van der Waals surface area (Å²) in [4.78, 5) is 2.57. The van der Waals surface area contributed by atoms with Crippen molar-refractivity contribution in [2.75, 3.05) is 4.90 Å². The molecule has 1 unspecified atom stereocenters. The molecule has 0 fully saturated rings. The third kappa shape index (κ3) is 1.86. The fourth-order valence-corrected chi connectivity index (χ4v) is 4.20. The zero-order chi connectivity index (χ0) is 15.2. The first-order valence-electron chi connectivity index (χ1n) is 8.47. The summed E-state index contributed by atoms with van der Waals surface area (Å²) in [5.74, 6) is 0. The van der Waals surface area contributed by atoms with Crippen molar-refractivity contribution in [2.45, 2.75) is 25.3 Å². The molecule has 1 aliphatic heterocycles. The van der Waals surface area contributed by atoms with Crippen LogP contribution in [-0.4, -0.2) is 6.04 Å². The lowest BCUT2D eigenvalue weighted by atomic mass is 9.91. The van der Waals surface area contributed by atoms with E-state index in [1.165, 1.54) is 33.6 Å². The number of hydrogen-bond acceptors (Lipinski definition) is 1. The Bertz CT molecular complexity index is 855. The Labute approximate surface area is 137 Å². The van der Waals surface area contributed by atoms with Crippen LogP contribution in [0.15, 0.2) is 66.8 Å². The maximum Gasteiger partial charge on any atom is 0.0633 e. The van der Waals surface area contributed by atoms with Gasteiger partial charge in [-0.15, -0.1) is 0 Å². The molecule has 23 heavy (non-hydrogen) atoms. The van der Waals surface area contributed by atoms with Crippen molar-refractivity contribution in [2.24, 2.45) is 0 Å². The average Bonchev–Trinajstić information content (AvgIpc) is 2.97. The quantitative estimate of drug-likeness (QED) is 0.671. The van der Waals surface area contributed by atoms with Gasteiger partial charge in [0.05, 0.1) is 11.7 Å². The van der Waals surface area contributed by atoms with Crippen molar-refractivity contribution in [3.63, 3.8) is 0 Å². The van der Waals surface area contributed by atoms with Gasteiger partial charge in [-0.2, -0.15) is 0 Å². The van der Waals surface area contributed by atoms with E-state index in [0.717, 1.165) is 19.3 Å². The Morgan fingerprint density at radius 3 is 2.78 bits per heavy atom. The monoisotopic (exact) mass is 297 g/mol. The van der Waals surface area contributed by atoms with Gasteiger partial charge < -0.3 is 4.90 Å². The van der Waals surface area contributed by atoms with E-state index >= 15 is 0 Å². The van der Waals surface area contributed by atoms with Gasteiger partial charge in [-0.1, -0.05) is 60.7 Å². The highest BCUT2D eigenvalue weighted by atomic mass is 15.2. The number of allylic oxidation sites excluding steroid dienone is 3. The number of nitrogens with zero attached hydrogens (tertiary/aromatic N) is 1. The van der Waals surface area contributed by atoms with Crippen LogP contribution in [-0.2, 0) is 6.42 Å². The molecule has 1 heteroatoms. The van der Waals surface area contributed by atoms with E-state index in [0.29, 0.717) is 6.04 Å². The van der Waals surface area contributed by atoms with Crippen LogP contribution in [0.5, 0.6) is 0 Å². The zero-order valence-corrected chi connectivity index (χ0v) is 13.1. The van der Waals surface area contributed by atoms with Gasteiger partial charge >= 0.3 is 0 Å². The van der Waals surface area contributed by atoms with E-state index in [1.54, 1.807) is 0 Å². The minimum Gasteiger partial charge on any atom is -0.333 e. The molecular weight excluding hydrogens is 278 g/mol. The van der Waals surface area contributed by atoms with Crippen molar-refractivity contribution in [1.29, 1.82) is 0 Å². The topological polar surface area (TPSA) is 3.24 Å². The Balaban J connectivity index is 1.79. The van der Waals surface area contributed by atoms with Gasteiger partial charge in [0, 0.05) is 11.3 Å². The summed E-state index contributed by atoms with van der Waals surface area (Å²) < 4.78 is 0. The maximum absolute atomic E-state index is 2.57. The standard InChI is InChI=1S/C22H19N/c1-2-9-17(10-3-1)23-21-13-7-6-12-19(21)20-15-14-16-8-4-5-11-18(16)22(20)23/h1-4,6-10,12,14-15,21H,5,11,13H2. The molecule has 0 aromatic heterocycles. The smallest absolute Gasteiger partial charge is 0.0633 e. The van der Waals surface area contributed by atoms with Crippen LogP contribution in [0.1, 0.15) is 29.5 Å². The third-order valence-corrected chi connectivity index (χ3v) is 5.21. The van der Waals surface area contributed by atoms with Gasteiger partial charge in [0.15, 0.2) is 0 Å². The Kier molecular flexibility index (Phi) is 2.81. The summed E-state index contributed by atoms with van der Waals surface area (Å²) in [5, 5.41) is 0. The van der Waals surface area contributed by atoms with Crippen LogP contribution in [0, 0.1) is 0 Å². The number of benzene rings is 2. The SMILES string of the molecule is C1=CCC2C(=C1)c1ccc3c(c1N2c1ccccc1)CCC=C3. The van der Waals surface area contributed by atoms with Crippen LogP contribution in [0.25, 0.3) is 11.6 Å². The maximum atomic E-state index is 2.57. The second-order valence-corrected chi connectivity index (χ2v) is 6.48. The number of para-hydroxylation sites is 1. The molecule has 1 heterocycles. The van der Waals surface area contributed by atoms with Gasteiger partial charge in [-0.3, -0.25) is 0 Å². The van der Waals surface area contributed by atoms with Crippen LogP contribution >= 0.6 is 0 Å². The number of hydrogen-bond donors (Lipinski definition) is 0. The highest BCUT2D eigenvalue weighted by Gasteiger charge is 2.37.